The van der Waals surface area contributed by atoms with Crippen molar-refractivity contribution >= 4 is 17.7 Å². The Morgan fingerprint density at radius 1 is 1.26 bits per heavy atom. The fourth-order valence-electron chi connectivity index (χ4n) is 4.60. The van der Waals surface area contributed by atoms with E-state index in [0.29, 0.717) is 13.0 Å². The second-order valence-corrected chi connectivity index (χ2v) is 8.40. The van der Waals surface area contributed by atoms with Crippen LogP contribution in [0.5, 0.6) is 0 Å². The van der Waals surface area contributed by atoms with Crippen LogP contribution in [0.1, 0.15) is 50.5 Å². The fourth-order valence-corrected chi connectivity index (χ4v) is 4.60. The van der Waals surface area contributed by atoms with Crippen molar-refractivity contribution in [3.63, 3.8) is 0 Å². The van der Waals surface area contributed by atoms with Gasteiger partial charge in [0, 0.05) is 37.3 Å². The van der Waals surface area contributed by atoms with Crippen LogP contribution in [-0.4, -0.2) is 57.5 Å². The summed E-state index contributed by atoms with van der Waals surface area (Å²) < 4.78 is 0. The topological polar surface area (TPSA) is 86.6 Å². The smallest absolute Gasteiger partial charge is 0.326 e. The molecular formula is C20H28N4O3. The molecule has 146 valence electrons. The lowest BCUT2D eigenvalue weighted by Gasteiger charge is -2.39. The van der Waals surface area contributed by atoms with Crippen molar-refractivity contribution < 1.29 is 14.7 Å². The van der Waals surface area contributed by atoms with Crippen LogP contribution in [0.2, 0.25) is 0 Å². The first-order valence-corrected chi connectivity index (χ1v) is 10.0. The number of aliphatic carboxylic acids is 1. The van der Waals surface area contributed by atoms with E-state index >= 15 is 0 Å². The number of carbonyl (C=O) groups is 2. The predicted octanol–water partition coefficient (Wildman–Crippen LogP) is 2.03. The number of piperidine rings is 1. The minimum absolute atomic E-state index is 0.0562. The van der Waals surface area contributed by atoms with E-state index in [2.05, 4.69) is 27.9 Å². The Morgan fingerprint density at radius 3 is 2.56 bits per heavy atom. The lowest BCUT2D eigenvalue weighted by atomic mass is 9.76. The van der Waals surface area contributed by atoms with Crippen LogP contribution in [0.25, 0.3) is 0 Å². The molecule has 1 saturated carbocycles. The SMILES string of the molecule is CCc1cc(N2CCC3(CC2)C[C@@H](C(=O)O)N(C(=O)C2CC2)C3)nc(C)n1. The Kier molecular flexibility index (Phi) is 4.56. The Labute approximate surface area is 159 Å². The van der Waals surface area contributed by atoms with Crippen LogP contribution in [0.3, 0.4) is 0 Å². The molecule has 1 aromatic heterocycles. The van der Waals surface area contributed by atoms with Gasteiger partial charge in [0.2, 0.25) is 5.91 Å². The van der Waals surface area contributed by atoms with Crippen molar-refractivity contribution in [3.05, 3.63) is 17.6 Å². The maximum Gasteiger partial charge on any atom is 0.326 e. The minimum atomic E-state index is -0.859. The van der Waals surface area contributed by atoms with E-state index in [1.165, 1.54) is 0 Å². The number of nitrogens with zero attached hydrogens (tertiary/aromatic N) is 4. The number of carbonyl (C=O) groups excluding carboxylic acids is 1. The van der Waals surface area contributed by atoms with Crippen LogP contribution in [0.4, 0.5) is 5.82 Å². The molecule has 0 unspecified atom stereocenters. The Balaban J connectivity index is 1.47. The monoisotopic (exact) mass is 372 g/mol. The predicted molar refractivity (Wildman–Crippen MR) is 101 cm³/mol. The van der Waals surface area contributed by atoms with Crippen molar-refractivity contribution in [1.82, 2.24) is 14.9 Å². The Morgan fingerprint density at radius 2 is 1.96 bits per heavy atom. The number of amides is 1. The molecule has 1 aromatic rings. The van der Waals surface area contributed by atoms with Gasteiger partial charge in [0.15, 0.2) is 0 Å². The maximum atomic E-state index is 12.6. The van der Waals surface area contributed by atoms with Gasteiger partial charge < -0.3 is 14.9 Å². The summed E-state index contributed by atoms with van der Waals surface area (Å²) in [7, 11) is 0. The molecule has 0 bridgehead atoms. The summed E-state index contributed by atoms with van der Waals surface area (Å²) in [5.41, 5.74) is 0.977. The Hall–Kier alpha value is -2.18. The molecular weight excluding hydrogens is 344 g/mol. The standard InChI is InChI=1S/C20H28N4O3/c1-3-15-10-17(22-13(2)21-15)23-8-6-20(7-9-23)11-16(19(26)27)24(12-20)18(25)14-4-5-14/h10,14,16H,3-9,11-12H2,1-2H3,(H,26,27)/t16-/m0/s1. The summed E-state index contributed by atoms with van der Waals surface area (Å²) in [6.07, 6.45) is 5.08. The van der Waals surface area contributed by atoms with E-state index in [-0.39, 0.29) is 17.2 Å². The normalized spacial score (nSPS) is 24.4. The van der Waals surface area contributed by atoms with E-state index in [9.17, 15) is 14.7 Å². The highest BCUT2D eigenvalue weighted by Gasteiger charge is 2.51. The zero-order valence-electron chi connectivity index (χ0n) is 16.1. The van der Waals surface area contributed by atoms with Gasteiger partial charge in [-0.3, -0.25) is 4.79 Å². The third kappa shape index (κ3) is 3.51. The quantitative estimate of drug-likeness (QED) is 0.870. The lowest BCUT2D eigenvalue weighted by molar-refractivity contribution is -0.148. The van der Waals surface area contributed by atoms with Crippen LogP contribution in [0, 0.1) is 18.3 Å². The molecule has 3 aliphatic rings. The first-order valence-electron chi connectivity index (χ1n) is 10.0. The third-order valence-electron chi connectivity index (χ3n) is 6.39. The van der Waals surface area contributed by atoms with Crippen LogP contribution in [-0.2, 0) is 16.0 Å². The molecule has 1 N–H and O–H groups in total. The molecule has 3 heterocycles. The highest BCUT2D eigenvalue weighted by atomic mass is 16.4. The minimum Gasteiger partial charge on any atom is -0.480 e. The maximum absolute atomic E-state index is 12.6. The molecule has 1 atom stereocenters. The zero-order valence-corrected chi connectivity index (χ0v) is 16.1. The molecule has 2 saturated heterocycles. The fraction of sp³-hybridized carbons (Fsp3) is 0.700. The molecule has 7 nitrogen and oxygen atoms in total. The molecule has 1 aliphatic carbocycles. The van der Waals surface area contributed by atoms with Gasteiger partial charge in [-0.25, -0.2) is 14.8 Å². The number of aromatic nitrogens is 2. The largest absolute Gasteiger partial charge is 0.480 e. The molecule has 1 spiro atoms. The number of rotatable bonds is 4. The van der Waals surface area contributed by atoms with Gasteiger partial charge in [-0.2, -0.15) is 0 Å². The zero-order chi connectivity index (χ0) is 19.2. The number of anilines is 1. The summed E-state index contributed by atoms with van der Waals surface area (Å²) in [6, 6.07) is 1.40. The third-order valence-corrected chi connectivity index (χ3v) is 6.39. The molecule has 0 radical (unpaired) electrons. The van der Waals surface area contributed by atoms with E-state index in [1.54, 1.807) is 4.90 Å². The molecule has 3 fully saturated rings. The van der Waals surface area contributed by atoms with Gasteiger partial charge in [0.05, 0.1) is 0 Å². The molecule has 4 rings (SSSR count). The van der Waals surface area contributed by atoms with Crippen molar-refractivity contribution in [2.45, 2.75) is 58.4 Å². The highest BCUT2D eigenvalue weighted by Crippen LogP contribution is 2.46. The van der Waals surface area contributed by atoms with Gasteiger partial charge in [-0.05, 0) is 50.9 Å². The van der Waals surface area contributed by atoms with Crippen LogP contribution >= 0.6 is 0 Å². The van der Waals surface area contributed by atoms with Crippen LogP contribution in [0.15, 0.2) is 6.07 Å². The molecule has 7 heteroatoms. The molecule has 27 heavy (non-hydrogen) atoms. The average molecular weight is 372 g/mol. The van der Waals surface area contributed by atoms with E-state index < -0.39 is 12.0 Å². The second kappa shape index (κ2) is 6.77. The summed E-state index contributed by atoms with van der Waals surface area (Å²) >= 11 is 0. The van der Waals surface area contributed by atoms with Crippen molar-refractivity contribution in [2.75, 3.05) is 24.5 Å². The Bertz CT molecular complexity index is 754. The molecule has 2 aliphatic heterocycles. The van der Waals surface area contributed by atoms with Gasteiger partial charge in [-0.1, -0.05) is 6.92 Å². The summed E-state index contributed by atoms with van der Waals surface area (Å²) in [5, 5.41) is 9.65. The number of hydrogen-bond acceptors (Lipinski definition) is 5. The average Bonchev–Trinajstić information content (AvgIpc) is 3.43. The van der Waals surface area contributed by atoms with E-state index in [1.807, 2.05) is 6.92 Å². The summed E-state index contributed by atoms with van der Waals surface area (Å²) in [4.78, 5) is 37.3. The summed E-state index contributed by atoms with van der Waals surface area (Å²) in [5.74, 6) is 1.02. The van der Waals surface area contributed by atoms with Crippen molar-refractivity contribution in [2.24, 2.45) is 11.3 Å². The number of carboxylic acids is 1. The molecule has 0 aromatic carbocycles. The number of likely N-dealkylation sites (tertiary alicyclic amines) is 1. The lowest BCUT2D eigenvalue weighted by Crippen LogP contribution is -2.43. The van der Waals surface area contributed by atoms with Gasteiger partial charge in [0.1, 0.15) is 17.7 Å². The van der Waals surface area contributed by atoms with Gasteiger partial charge in [0.25, 0.3) is 0 Å². The number of aryl methyl sites for hydroxylation is 2. The van der Waals surface area contributed by atoms with E-state index in [0.717, 1.165) is 62.5 Å². The van der Waals surface area contributed by atoms with Gasteiger partial charge >= 0.3 is 5.97 Å². The highest BCUT2D eigenvalue weighted by molar-refractivity contribution is 5.87. The number of hydrogen-bond donors (Lipinski definition) is 1. The molecule has 1 amide bonds. The second-order valence-electron chi connectivity index (χ2n) is 8.40. The van der Waals surface area contributed by atoms with E-state index in [4.69, 9.17) is 0 Å². The van der Waals surface area contributed by atoms with Crippen molar-refractivity contribution in [3.8, 4) is 0 Å². The van der Waals surface area contributed by atoms with Crippen molar-refractivity contribution in [1.29, 1.82) is 0 Å². The number of carboxylic acid groups (broad SMARTS) is 1. The summed E-state index contributed by atoms with van der Waals surface area (Å²) in [6.45, 7) is 6.29. The first kappa shape index (κ1) is 18.2. The van der Waals surface area contributed by atoms with Gasteiger partial charge in [-0.15, -0.1) is 0 Å². The van der Waals surface area contributed by atoms with Crippen LogP contribution < -0.4 is 4.90 Å². The first-order chi connectivity index (χ1) is 12.9.